The predicted molar refractivity (Wildman–Crippen MR) is 69.6 cm³/mol. The number of hydrogen-bond donors (Lipinski definition) is 1. The zero-order valence-corrected chi connectivity index (χ0v) is 11.6. The smallest absolute Gasteiger partial charge is 0.348 e. The number of rotatable bonds is 3. The molecule has 0 aliphatic carbocycles. The van der Waals surface area contributed by atoms with Gasteiger partial charge in [0.25, 0.3) is 0 Å². The number of nitrogens with one attached hydrogen (secondary N) is 1. The fourth-order valence-electron chi connectivity index (χ4n) is 1.49. The van der Waals surface area contributed by atoms with Gasteiger partial charge in [0, 0.05) is 6.92 Å². The molecule has 0 aromatic heterocycles. The van der Waals surface area contributed by atoms with Crippen LogP contribution in [0.15, 0.2) is 24.3 Å². The summed E-state index contributed by atoms with van der Waals surface area (Å²) >= 11 is 0. The second kappa shape index (κ2) is 8.20. The van der Waals surface area contributed by atoms with Crippen LogP contribution in [-0.4, -0.2) is 5.91 Å². The first-order valence-electron chi connectivity index (χ1n) is 6.16. The van der Waals surface area contributed by atoms with Crippen molar-refractivity contribution in [3.63, 3.8) is 0 Å². The number of amides is 1. The molecule has 6 heteroatoms. The van der Waals surface area contributed by atoms with Crippen molar-refractivity contribution in [1.82, 2.24) is 5.32 Å². The molecule has 0 spiro atoms. The molecule has 1 rings (SSSR count). The van der Waals surface area contributed by atoms with E-state index in [0.29, 0.717) is 5.56 Å². The highest BCUT2D eigenvalue weighted by molar-refractivity contribution is 5.73. The Morgan fingerprint density at radius 2 is 1.80 bits per heavy atom. The minimum absolute atomic E-state index is 0.00491. The van der Waals surface area contributed by atoms with E-state index in [1.54, 1.807) is 0 Å². The number of nitriles is 1. The van der Waals surface area contributed by atoms with Crippen LogP contribution in [-0.2, 0) is 11.0 Å². The van der Waals surface area contributed by atoms with E-state index in [1.165, 1.54) is 19.1 Å². The second-order valence-electron chi connectivity index (χ2n) is 3.74. The maximum atomic E-state index is 12.4. The molecule has 0 bridgehead atoms. The maximum Gasteiger partial charge on any atom is 0.416 e. The molecule has 1 aromatic carbocycles. The van der Waals surface area contributed by atoms with Crippen molar-refractivity contribution in [3.8, 4) is 6.07 Å². The van der Waals surface area contributed by atoms with Crippen molar-refractivity contribution in [2.24, 2.45) is 0 Å². The van der Waals surface area contributed by atoms with Crippen LogP contribution >= 0.6 is 0 Å². The lowest BCUT2D eigenvalue weighted by molar-refractivity contribution is -0.137. The average Bonchev–Trinajstić information content (AvgIpc) is 2.39. The molecule has 3 nitrogen and oxygen atoms in total. The number of halogens is 3. The molecule has 1 atom stereocenters. The molecule has 1 N–H and O–H groups in total. The van der Waals surface area contributed by atoms with Gasteiger partial charge in [0.05, 0.1) is 24.1 Å². The van der Waals surface area contributed by atoms with Crippen LogP contribution in [0.5, 0.6) is 0 Å². The summed E-state index contributed by atoms with van der Waals surface area (Å²) in [5.74, 6) is -0.338. The molecule has 1 amide bonds. The average molecular weight is 286 g/mol. The summed E-state index contributed by atoms with van der Waals surface area (Å²) in [7, 11) is 0. The molecule has 0 aliphatic rings. The van der Waals surface area contributed by atoms with Gasteiger partial charge in [-0.25, -0.2) is 0 Å². The zero-order chi connectivity index (χ0) is 15.8. The van der Waals surface area contributed by atoms with Crippen molar-refractivity contribution in [2.75, 3.05) is 0 Å². The number of benzene rings is 1. The van der Waals surface area contributed by atoms with Crippen LogP contribution in [0.3, 0.4) is 0 Å². The number of alkyl halides is 3. The minimum atomic E-state index is -4.39. The van der Waals surface area contributed by atoms with Gasteiger partial charge in [-0.3, -0.25) is 4.79 Å². The highest BCUT2D eigenvalue weighted by atomic mass is 19.4. The van der Waals surface area contributed by atoms with E-state index in [9.17, 15) is 18.0 Å². The van der Waals surface area contributed by atoms with Crippen LogP contribution in [0.2, 0.25) is 0 Å². The van der Waals surface area contributed by atoms with E-state index in [-0.39, 0.29) is 12.3 Å². The fourth-order valence-corrected chi connectivity index (χ4v) is 1.49. The Labute approximate surface area is 116 Å². The standard InChI is InChI=1S/C12H11F3N2O.C2H6/c1-8(18)17-11(6-7-16)9-2-4-10(5-3-9)12(13,14)15;1-2/h2-5,11H,6H2,1H3,(H,17,18);1-2H3. The summed E-state index contributed by atoms with van der Waals surface area (Å²) in [6.07, 6.45) is -4.39. The molecule has 0 fully saturated rings. The molecule has 1 aromatic rings. The first-order chi connectivity index (χ1) is 9.34. The zero-order valence-electron chi connectivity index (χ0n) is 11.6. The van der Waals surface area contributed by atoms with Gasteiger partial charge in [-0.15, -0.1) is 0 Å². The van der Waals surface area contributed by atoms with E-state index >= 15 is 0 Å². The SMILES string of the molecule is CC.CC(=O)NC(CC#N)c1ccc(C(F)(F)F)cc1. The molecule has 1 unspecified atom stereocenters. The lowest BCUT2D eigenvalue weighted by atomic mass is 10.0. The van der Waals surface area contributed by atoms with Crippen LogP contribution in [0, 0.1) is 11.3 Å². The van der Waals surface area contributed by atoms with E-state index in [1.807, 2.05) is 19.9 Å². The summed E-state index contributed by atoms with van der Waals surface area (Å²) in [4.78, 5) is 10.9. The Balaban J connectivity index is 0.00000172. The van der Waals surface area contributed by atoms with Crippen molar-refractivity contribution >= 4 is 5.91 Å². The largest absolute Gasteiger partial charge is 0.416 e. The van der Waals surface area contributed by atoms with Gasteiger partial charge in [-0.2, -0.15) is 18.4 Å². The van der Waals surface area contributed by atoms with Gasteiger partial charge in [0.1, 0.15) is 0 Å². The first kappa shape index (κ1) is 18.0. The highest BCUT2D eigenvalue weighted by Crippen LogP contribution is 2.30. The van der Waals surface area contributed by atoms with Crippen LogP contribution in [0.1, 0.15) is 44.4 Å². The predicted octanol–water partition coefficient (Wildman–Crippen LogP) is 3.82. The number of hydrogen-bond acceptors (Lipinski definition) is 2. The van der Waals surface area contributed by atoms with Gasteiger partial charge in [0.15, 0.2) is 0 Å². The molecule has 0 heterocycles. The molecule has 20 heavy (non-hydrogen) atoms. The quantitative estimate of drug-likeness (QED) is 0.918. The molecule has 0 radical (unpaired) electrons. The third kappa shape index (κ3) is 5.74. The van der Waals surface area contributed by atoms with Crippen LogP contribution in [0.4, 0.5) is 13.2 Å². The Kier molecular flexibility index (Phi) is 7.37. The van der Waals surface area contributed by atoms with Gasteiger partial charge in [0.2, 0.25) is 5.91 Å². The summed E-state index contributed by atoms with van der Waals surface area (Å²) in [6, 6.07) is 5.68. The molecule has 0 saturated heterocycles. The maximum absolute atomic E-state index is 12.4. The third-order valence-electron chi connectivity index (χ3n) is 2.31. The fraction of sp³-hybridized carbons (Fsp3) is 0.429. The van der Waals surface area contributed by atoms with Crippen molar-refractivity contribution in [2.45, 2.75) is 39.4 Å². The number of carbonyl (C=O) groups excluding carboxylic acids is 1. The summed E-state index contributed by atoms with van der Waals surface area (Å²) in [6.45, 7) is 5.29. The van der Waals surface area contributed by atoms with E-state index in [4.69, 9.17) is 5.26 Å². The second-order valence-corrected chi connectivity index (χ2v) is 3.74. The molecule has 0 aliphatic heterocycles. The molecule has 110 valence electrons. The van der Waals surface area contributed by atoms with Gasteiger partial charge in [-0.05, 0) is 17.7 Å². The van der Waals surface area contributed by atoms with Gasteiger partial charge in [-0.1, -0.05) is 26.0 Å². The van der Waals surface area contributed by atoms with E-state index in [0.717, 1.165) is 12.1 Å². The molecular formula is C14H17F3N2O. The Bertz CT molecular complexity index is 461. The van der Waals surface area contributed by atoms with Crippen molar-refractivity contribution < 1.29 is 18.0 Å². The lowest BCUT2D eigenvalue weighted by Gasteiger charge is -2.16. The number of carbonyl (C=O) groups is 1. The normalized spacial score (nSPS) is 11.7. The monoisotopic (exact) mass is 286 g/mol. The van der Waals surface area contributed by atoms with Crippen molar-refractivity contribution in [1.29, 1.82) is 5.26 Å². The number of nitrogens with zero attached hydrogens (tertiary/aromatic N) is 1. The summed E-state index contributed by atoms with van der Waals surface area (Å²) < 4.78 is 37.1. The van der Waals surface area contributed by atoms with Crippen molar-refractivity contribution in [3.05, 3.63) is 35.4 Å². The Morgan fingerprint density at radius 3 is 2.15 bits per heavy atom. The topological polar surface area (TPSA) is 52.9 Å². The van der Waals surface area contributed by atoms with Crippen LogP contribution < -0.4 is 5.32 Å². The lowest BCUT2D eigenvalue weighted by Crippen LogP contribution is -2.25. The van der Waals surface area contributed by atoms with Crippen LogP contribution in [0.25, 0.3) is 0 Å². The Morgan fingerprint density at radius 1 is 1.30 bits per heavy atom. The van der Waals surface area contributed by atoms with E-state index < -0.39 is 17.8 Å². The van der Waals surface area contributed by atoms with E-state index in [2.05, 4.69) is 5.32 Å². The summed E-state index contributed by atoms with van der Waals surface area (Å²) in [5.41, 5.74) is -0.287. The van der Waals surface area contributed by atoms with Gasteiger partial charge >= 0.3 is 6.18 Å². The molecular weight excluding hydrogens is 269 g/mol. The Hall–Kier alpha value is -2.03. The third-order valence-corrected chi connectivity index (χ3v) is 2.31. The summed E-state index contributed by atoms with van der Waals surface area (Å²) in [5, 5.41) is 11.1. The molecule has 0 saturated carbocycles. The first-order valence-corrected chi connectivity index (χ1v) is 6.16. The van der Waals surface area contributed by atoms with Gasteiger partial charge < -0.3 is 5.32 Å². The minimum Gasteiger partial charge on any atom is -0.348 e. The highest BCUT2D eigenvalue weighted by Gasteiger charge is 2.30.